The van der Waals surface area contributed by atoms with Gasteiger partial charge in [-0.1, -0.05) is 23.2 Å². The fourth-order valence-electron chi connectivity index (χ4n) is 1.44. The van der Waals surface area contributed by atoms with Gasteiger partial charge in [-0.25, -0.2) is 4.98 Å². The van der Waals surface area contributed by atoms with Gasteiger partial charge in [-0.2, -0.15) is 0 Å². The maximum Gasteiger partial charge on any atom is 0.256 e. The van der Waals surface area contributed by atoms with Crippen LogP contribution in [0.4, 0.5) is 5.82 Å². The first-order valence-corrected chi connectivity index (χ1v) is 6.01. The largest absolute Gasteiger partial charge is 0.305 e. The number of pyridine rings is 1. The highest BCUT2D eigenvalue weighted by atomic mass is 35.5. The van der Waals surface area contributed by atoms with Crippen molar-refractivity contribution >= 4 is 34.9 Å². The third-order valence-electron chi connectivity index (χ3n) is 2.41. The molecule has 5 heteroatoms. The van der Waals surface area contributed by atoms with E-state index in [-0.39, 0.29) is 5.91 Å². The lowest BCUT2D eigenvalue weighted by Gasteiger charge is -2.07. The Morgan fingerprint density at radius 1 is 1.22 bits per heavy atom. The Hall–Kier alpha value is -1.58. The number of anilines is 1. The third kappa shape index (κ3) is 2.81. The van der Waals surface area contributed by atoms with E-state index in [4.69, 9.17) is 23.2 Å². The molecule has 18 heavy (non-hydrogen) atoms. The topological polar surface area (TPSA) is 42.0 Å². The lowest BCUT2D eigenvalue weighted by atomic mass is 10.1. The highest BCUT2D eigenvalue weighted by Crippen LogP contribution is 2.20. The number of carbonyl (C=O) groups excluding carboxylic acids is 1. The van der Waals surface area contributed by atoms with Crippen molar-refractivity contribution in [2.24, 2.45) is 0 Å². The van der Waals surface area contributed by atoms with Crippen LogP contribution in [0.5, 0.6) is 0 Å². The molecule has 0 saturated carbocycles. The zero-order valence-corrected chi connectivity index (χ0v) is 11.1. The van der Waals surface area contributed by atoms with Crippen molar-refractivity contribution in [2.45, 2.75) is 6.92 Å². The molecule has 1 amide bonds. The van der Waals surface area contributed by atoms with Gasteiger partial charge in [0.25, 0.3) is 5.91 Å². The molecular formula is C13H10Cl2N2O. The summed E-state index contributed by atoms with van der Waals surface area (Å²) in [5, 5.41) is 3.67. The summed E-state index contributed by atoms with van der Waals surface area (Å²) in [6.45, 7) is 1.84. The van der Waals surface area contributed by atoms with Crippen molar-refractivity contribution in [3.05, 3.63) is 57.7 Å². The molecule has 0 spiro atoms. The number of nitrogens with zero attached hydrogens (tertiary/aromatic N) is 1. The SMILES string of the molecule is Cc1cc(C(=O)Nc2ncccc2Cl)ccc1Cl. The van der Waals surface area contributed by atoms with E-state index < -0.39 is 0 Å². The van der Waals surface area contributed by atoms with Crippen molar-refractivity contribution in [1.82, 2.24) is 4.98 Å². The molecule has 92 valence electrons. The maximum atomic E-state index is 12.0. The van der Waals surface area contributed by atoms with Crippen LogP contribution in [0.3, 0.4) is 0 Å². The number of rotatable bonds is 2. The minimum atomic E-state index is -0.268. The number of amides is 1. The quantitative estimate of drug-likeness (QED) is 0.905. The van der Waals surface area contributed by atoms with E-state index >= 15 is 0 Å². The molecule has 0 fully saturated rings. The molecule has 1 N–H and O–H groups in total. The van der Waals surface area contributed by atoms with Crippen LogP contribution in [0.1, 0.15) is 15.9 Å². The monoisotopic (exact) mass is 280 g/mol. The van der Waals surface area contributed by atoms with E-state index in [9.17, 15) is 4.79 Å². The van der Waals surface area contributed by atoms with Gasteiger partial charge >= 0.3 is 0 Å². The Morgan fingerprint density at radius 2 is 2.00 bits per heavy atom. The van der Waals surface area contributed by atoms with Gasteiger partial charge in [0.05, 0.1) is 5.02 Å². The van der Waals surface area contributed by atoms with Crippen molar-refractivity contribution in [2.75, 3.05) is 5.32 Å². The molecule has 2 aromatic rings. The zero-order chi connectivity index (χ0) is 13.1. The van der Waals surface area contributed by atoms with E-state index in [1.54, 1.807) is 36.5 Å². The number of hydrogen-bond acceptors (Lipinski definition) is 2. The molecule has 0 aliphatic heterocycles. The van der Waals surface area contributed by atoms with Crippen molar-refractivity contribution in [3.8, 4) is 0 Å². The molecule has 0 saturated heterocycles. The van der Waals surface area contributed by atoms with Crippen LogP contribution < -0.4 is 5.32 Å². The standard InChI is InChI=1S/C13H10Cl2N2O/c1-8-7-9(4-5-10(8)14)13(18)17-12-11(15)3-2-6-16-12/h2-7H,1H3,(H,16,17,18). The fourth-order valence-corrected chi connectivity index (χ4v) is 1.73. The highest BCUT2D eigenvalue weighted by Gasteiger charge is 2.10. The van der Waals surface area contributed by atoms with Gasteiger partial charge in [-0.3, -0.25) is 4.79 Å². The Kier molecular flexibility index (Phi) is 3.84. The highest BCUT2D eigenvalue weighted by molar-refractivity contribution is 6.33. The molecule has 1 heterocycles. The van der Waals surface area contributed by atoms with Crippen molar-refractivity contribution in [1.29, 1.82) is 0 Å². The molecule has 0 unspecified atom stereocenters. The van der Waals surface area contributed by atoms with Crippen LogP contribution in [-0.4, -0.2) is 10.9 Å². The van der Waals surface area contributed by atoms with Gasteiger partial charge in [0.1, 0.15) is 0 Å². The van der Waals surface area contributed by atoms with Crippen molar-refractivity contribution in [3.63, 3.8) is 0 Å². The normalized spacial score (nSPS) is 10.2. The molecule has 0 bridgehead atoms. The minimum Gasteiger partial charge on any atom is -0.305 e. The predicted molar refractivity (Wildman–Crippen MR) is 73.4 cm³/mol. The molecule has 1 aromatic heterocycles. The number of carbonyl (C=O) groups is 1. The van der Waals surface area contributed by atoms with Crippen molar-refractivity contribution < 1.29 is 4.79 Å². The molecule has 2 rings (SSSR count). The predicted octanol–water partition coefficient (Wildman–Crippen LogP) is 3.95. The second kappa shape index (κ2) is 5.38. The van der Waals surface area contributed by atoms with Crippen LogP contribution in [0, 0.1) is 6.92 Å². The number of halogens is 2. The van der Waals surface area contributed by atoms with Crippen LogP contribution in [0.25, 0.3) is 0 Å². The average molecular weight is 281 g/mol. The molecule has 0 aliphatic carbocycles. The second-order valence-corrected chi connectivity index (χ2v) is 4.57. The first-order valence-electron chi connectivity index (χ1n) is 5.26. The molecule has 0 atom stereocenters. The van der Waals surface area contributed by atoms with Gasteiger partial charge in [-0.05, 0) is 42.8 Å². The van der Waals surface area contributed by atoms with E-state index in [1.165, 1.54) is 0 Å². The van der Waals surface area contributed by atoms with Crippen LogP contribution in [-0.2, 0) is 0 Å². The first-order chi connectivity index (χ1) is 8.58. The molecular weight excluding hydrogens is 271 g/mol. The van der Waals surface area contributed by atoms with E-state index in [2.05, 4.69) is 10.3 Å². The lowest BCUT2D eigenvalue weighted by Crippen LogP contribution is -2.13. The number of benzene rings is 1. The number of nitrogens with one attached hydrogen (secondary N) is 1. The Labute approximate surface area is 115 Å². The second-order valence-electron chi connectivity index (χ2n) is 3.75. The van der Waals surface area contributed by atoms with E-state index in [1.807, 2.05) is 6.92 Å². The summed E-state index contributed by atoms with van der Waals surface area (Å²) in [7, 11) is 0. The Morgan fingerprint density at radius 3 is 2.67 bits per heavy atom. The Balaban J connectivity index is 2.22. The van der Waals surface area contributed by atoms with E-state index in [0.29, 0.717) is 21.4 Å². The van der Waals surface area contributed by atoms with Gasteiger partial charge in [0, 0.05) is 16.8 Å². The van der Waals surface area contributed by atoms with Gasteiger partial charge in [0.2, 0.25) is 0 Å². The average Bonchev–Trinajstić information content (AvgIpc) is 2.35. The summed E-state index contributed by atoms with van der Waals surface area (Å²) in [4.78, 5) is 16.0. The van der Waals surface area contributed by atoms with Crippen LogP contribution >= 0.6 is 23.2 Å². The zero-order valence-electron chi connectivity index (χ0n) is 9.58. The molecule has 3 nitrogen and oxygen atoms in total. The molecule has 0 radical (unpaired) electrons. The molecule has 1 aromatic carbocycles. The summed E-state index contributed by atoms with van der Waals surface area (Å²) >= 11 is 11.8. The maximum absolute atomic E-state index is 12.0. The number of aromatic nitrogens is 1. The summed E-state index contributed by atoms with van der Waals surface area (Å²) in [6.07, 6.45) is 1.56. The summed E-state index contributed by atoms with van der Waals surface area (Å²) < 4.78 is 0. The Bertz CT molecular complexity index is 599. The smallest absolute Gasteiger partial charge is 0.256 e. The minimum absolute atomic E-state index is 0.268. The summed E-state index contributed by atoms with van der Waals surface area (Å²) in [5.74, 6) is 0.0761. The molecule has 0 aliphatic rings. The van der Waals surface area contributed by atoms with E-state index in [0.717, 1.165) is 5.56 Å². The number of aryl methyl sites for hydroxylation is 1. The number of hydrogen-bond donors (Lipinski definition) is 1. The van der Waals surface area contributed by atoms with Crippen LogP contribution in [0.2, 0.25) is 10.0 Å². The third-order valence-corrected chi connectivity index (χ3v) is 3.14. The summed E-state index contributed by atoms with van der Waals surface area (Å²) in [6, 6.07) is 8.42. The summed E-state index contributed by atoms with van der Waals surface area (Å²) in [5.41, 5.74) is 1.36. The van der Waals surface area contributed by atoms with Gasteiger partial charge < -0.3 is 5.32 Å². The van der Waals surface area contributed by atoms with Gasteiger partial charge in [-0.15, -0.1) is 0 Å². The van der Waals surface area contributed by atoms with Gasteiger partial charge in [0.15, 0.2) is 5.82 Å². The first kappa shape index (κ1) is 12.9. The lowest BCUT2D eigenvalue weighted by molar-refractivity contribution is 0.102. The fraction of sp³-hybridized carbons (Fsp3) is 0.0769. The van der Waals surface area contributed by atoms with Crippen LogP contribution in [0.15, 0.2) is 36.5 Å².